The van der Waals surface area contributed by atoms with Crippen LogP contribution in [0.2, 0.25) is 0 Å². The van der Waals surface area contributed by atoms with Crippen LogP contribution in [0, 0.1) is 6.92 Å². The fraction of sp³-hybridized carbons (Fsp3) is 0.643. The molecule has 19 heavy (non-hydrogen) atoms. The first-order chi connectivity index (χ1) is 9.01. The molecule has 2 unspecified atom stereocenters. The first-order valence-corrected chi connectivity index (χ1v) is 7.47. The van der Waals surface area contributed by atoms with Crippen molar-refractivity contribution in [3.05, 3.63) is 21.9 Å². The van der Waals surface area contributed by atoms with Crippen LogP contribution in [0.25, 0.3) is 0 Å². The van der Waals surface area contributed by atoms with Crippen molar-refractivity contribution in [2.24, 2.45) is 0 Å². The molecule has 1 aromatic rings. The van der Waals surface area contributed by atoms with Crippen LogP contribution in [0.5, 0.6) is 0 Å². The maximum absolute atomic E-state index is 12.6. The van der Waals surface area contributed by atoms with E-state index in [2.05, 4.69) is 24.4 Å². The molecular weight excluding hydrogens is 260 g/mol. The number of nitrogens with zero attached hydrogens (tertiary/aromatic N) is 1. The topological polar surface area (TPSA) is 41.6 Å². The molecule has 0 radical (unpaired) electrons. The smallest absolute Gasteiger partial charge is 0.244 e. The van der Waals surface area contributed by atoms with Gasteiger partial charge in [0.05, 0.1) is 12.1 Å². The molecule has 1 saturated heterocycles. The number of nitrogens with one attached hydrogen (secondary N) is 1. The second-order valence-electron chi connectivity index (χ2n) is 5.17. The normalized spacial score (nSPS) is 27.3. The van der Waals surface area contributed by atoms with Crippen LogP contribution in [0.3, 0.4) is 0 Å². The molecule has 2 rings (SSSR count). The number of carbonyl (C=O) groups excluding carboxylic acids is 1. The average Bonchev–Trinajstić information content (AvgIpc) is 2.92. The van der Waals surface area contributed by atoms with E-state index < -0.39 is 5.54 Å². The molecule has 0 aliphatic carbocycles. The number of hydrogen-bond acceptors (Lipinski definition) is 4. The second kappa shape index (κ2) is 5.61. The fourth-order valence-corrected chi connectivity index (χ4v) is 3.32. The predicted molar refractivity (Wildman–Crippen MR) is 77.2 cm³/mol. The number of amides is 1. The quantitative estimate of drug-likeness (QED) is 0.901. The Kier molecular flexibility index (Phi) is 4.28. The number of ether oxygens (including phenoxy) is 1. The third kappa shape index (κ3) is 2.68. The zero-order chi connectivity index (χ0) is 14.0. The van der Waals surface area contributed by atoms with Crippen LogP contribution in [0.4, 0.5) is 0 Å². The molecular formula is C14H22N2O2S. The van der Waals surface area contributed by atoms with Gasteiger partial charge in [-0.1, -0.05) is 6.92 Å². The summed E-state index contributed by atoms with van der Waals surface area (Å²) in [7, 11) is 1.66. The number of thiophene rings is 1. The van der Waals surface area contributed by atoms with E-state index in [0.717, 1.165) is 6.42 Å². The maximum Gasteiger partial charge on any atom is 0.244 e. The minimum atomic E-state index is -0.462. The Morgan fingerprint density at radius 2 is 2.26 bits per heavy atom. The van der Waals surface area contributed by atoms with Gasteiger partial charge in [0, 0.05) is 23.4 Å². The van der Waals surface area contributed by atoms with Gasteiger partial charge in [-0.15, -0.1) is 11.3 Å². The number of aryl methyl sites for hydroxylation is 1. The lowest BCUT2D eigenvalue weighted by Gasteiger charge is -2.22. The summed E-state index contributed by atoms with van der Waals surface area (Å²) < 4.78 is 5.13. The summed E-state index contributed by atoms with van der Waals surface area (Å²) in [6.07, 6.45) is 0.766. The summed E-state index contributed by atoms with van der Waals surface area (Å²) in [4.78, 5) is 16.9. The van der Waals surface area contributed by atoms with Gasteiger partial charge in [0.1, 0.15) is 6.17 Å². The number of methoxy groups -OCH3 is 1. The summed E-state index contributed by atoms with van der Waals surface area (Å²) in [5.41, 5.74) is -0.462. The highest BCUT2D eigenvalue weighted by Gasteiger charge is 2.47. The third-order valence-electron chi connectivity index (χ3n) is 3.77. The van der Waals surface area contributed by atoms with E-state index in [0.29, 0.717) is 13.2 Å². The van der Waals surface area contributed by atoms with E-state index in [1.54, 1.807) is 18.4 Å². The van der Waals surface area contributed by atoms with Crippen LogP contribution in [-0.2, 0) is 9.53 Å². The average molecular weight is 282 g/mol. The Morgan fingerprint density at radius 1 is 1.53 bits per heavy atom. The fourth-order valence-electron chi connectivity index (χ4n) is 2.37. The van der Waals surface area contributed by atoms with Gasteiger partial charge in [0.15, 0.2) is 0 Å². The Bertz CT molecular complexity index is 460. The van der Waals surface area contributed by atoms with Crippen molar-refractivity contribution in [3.63, 3.8) is 0 Å². The summed E-state index contributed by atoms with van der Waals surface area (Å²) >= 11 is 1.74. The Labute approximate surface area is 118 Å². The largest absolute Gasteiger partial charge is 0.383 e. The van der Waals surface area contributed by atoms with E-state index in [1.807, 2.05) is 18.7 Å². The minimum Gasteiger partial charge on any atom is -0.383 e. The van der Waals surface area contributed by atoms with Crippen molar-refractivity contribution in [2.45, 2.75) is 38.9 Å². The Hall–Kier alpha value is -0.910. The molecule has 2 atom stereocenters. The molecule has 0 bridgehead atoms. The van der Waals surface area contributed by atoms with Crippen molar-refractivity contribution in [2.75, 3.05) is 20.3 Å². The molecule has 2 heterocycles. The molecule has 1 aromatic heterocycles. The molecule has 1 aliphatic heterocycles. The zero-order valence-corrected chi connectivity index (χ0v) is 12.8. The number of hydrogen-bond donors (Lipinski definition) is 1. The van der Waals surface area contributed by atoms with Gasteiger partial charge in [-0.25, -0.2) is 0 Å². The van der Waals surface area contributed by atoms with Gasteiger partial charge >= 0.3 is 0 Å². The molecule has 1 amide bonds. The van der Waals surface area contributed by atoms with Gasteiger partial charge in [0.2, 0.25) is 5.91 Å². The molecule has 0 aromatic carbocycles. The van der Waals surface area contributed by atoms with E-state index in [1.165, 1.54) is 9.75 Å². The van der Waals surface area contributed by atoms with E-state index >= 15 is 0 Å². The van der Waals surface area contributed by atoms with Gasteiger partial charge in [0.25, 0.3) is 0 Å². The van der Waals surface area contributed by atoms with Crippen LogP contribution in [0.1, 0.15) is 36.2 Å². The first-order valence-electron chi connectivity index (χ1n) is 6.66. The van der Waals surface area contributed by atoms with Crippen molar-refractivity contribution < 1.29 is 9.53 Å². The predicted octanol–water partition coefficient (Wildman–Crippen LogP) is 2.30. The summed E-state index contributed by atoms with van der Waals surface area (Å²) in [5, 5.41) is 3.49. The van der Waals surface area contributed by atoms with Crippen molar-refractivity contribution in [3.8, 4) is 0 Å². The SMILES string of the molecule is CCC1(C)NC(c2ccc(C)s2)N(CCOC)C1=O. The lowest BCUT2D eigenvalue weighted by atomic mass is 9.99. The van der Waals surface area contributed by atoms with Gasteiger partial charge in [-0.05, 0) is 32.4 Å². The van der Waals surface area contributed by atoms with Crippen LogP contribution >= 0.6 is 11.3 Å². The molecule has 0 spiro atoms. The van der Waals surface area contributed by atoms with Crippen molar-refractivity contribution >= 4 is 17.2 Å². The van der Waals surface area contributed by atoms with Crippen molar-refractivity contribution in [1.82, 2.24) is 10.2 Å². The summed E-state index contributed by atoms with van der Waals surface area (Å²) in [6, 6.07) is 4.20. The van der Waals surface area contributed by atoms with Gasteiger partial charge < -0.3 is 9.64 Å². The third-order valence-corrected chi connectivity index (χ3v) is 4.83. The summed E-state index contributed by atoms with van der Waals surface area (Å²) in [6.45, 7) is 7.30. The first kappa shape index (κ1) is 14.5. The Balaban J connectivity index is 2.26. The summed E-state index contributed by atoms with van der Waals surface area (Å²) in [5.74, 6) is 0.170. The molecule has 1 aliphatic rings. The van der Waals surface area contributed by atoms with Gasteiger partial charge in [-0.2, -0.15) is 0 Å². The molecule has 5 heteroatoms. The zero-order valence-electron chi connectivity index (χ0n) is 12.0. The Morgan fingerprint density at radius 3 is 2.79 bits per heavy atom. The number of rotatable bonds is 5. The van der Waals surface area contributed by atoms with Crippen LogP contribution < -0.4 is 5.32 Å². The lowest BCUT2D eigenvalue weighted by Crippen LogP contribution is -2.43. The lowest BCUT2D eigenvalue weighted by molar-refractivity contribution is -0.133. The standard InChI is InChI=1S/C14H22N2O2S/c1-5-14(3)13(17)16(8-9-18-4)12(15-14)11-7-6-10(2)19-11/h6-7,12,15H,5,8-9H2,1-4H3. The highest BCUT2D eigenvalue weighted by Crippen LogP contribution is 2.35. The molecule has 106 valence electrons. The highest BCUT2D eigenvalue weighted by atomic mass is 32.1. The van der Waals surface area contributed by atoms with E-state index in [-0.39, 0.29) is 12.1 Å². The molecule has 0 saturated carbocycles. The van der Waals surface area contributed by atoms with Gasteiger partial charge in [-0.3, -0.25) is 10.1 Å². The molecule has 1 fully saturated rings. The molecule has 4 nitrogen and oxygen atoms in total. The monoisotopic (exact) mass is 282 g/mol. The minimum absolute atomic E-state index is 0.0219. The van der Waals surface area contributed by atoms with Crippen molar-refractivity contribution in [1.29, 1.82) is 0 Å². The van der Waals surface area contributed by atoms with E-state index in [9.17, 15) is 4.79 Å². The maximum atomic E-state index is 12.6. The van der Waals surface area contributed by atoms with Crippen LogP contribution in [-0.4, -0.2) is 36.6 Å². The second-order valence-corrected chi connectivity index (χ2v) is 6.49. The van der Waals surface area contributed by atoms with Crippen LogP contribution in [0.15, 0.2) is 12.1 Å². The molecule has 1 N–H and O–H groups in total. The van der Waals surface area contributed by atoms with E-state index in [4.69, 9.17) is 4.74 Å². The highest BCUT2D eigenvalue weighted by molar-refractivity contribution is 7.12. The number of carbonyl (C=O) groups is 1.